The van der Waals surface area contributed by atoms with E-state index < -0.39 is 0 Å². The normalized spacial score (nSPS) is 30.0. The van der Waals surface area contributed by atoms with Gasteiger partial charge in [-0.3, -0.25) is 0 Å². The average molecular weight is 240 g/mol. The second kappa shape index (κ2) is 7.34. The Labute approximate surface area is 106 Å². The summed E-state index contributed by atoms with van der Waals surface area (Å²) < 4.78 is 5.53. The van der Waals surface area contributed by atoms with Crippen molar-refractivity contribution < 1.29 is 4.74 Å². The molecule has 2 unspecified atom stereocenters. The number of hydrogen-bond donors (Lipinski definition) is 1. The fraction of sp³-hybridized carbons (Fsp3) is 1.00. The Kier molecular flexibility index (Phi) is 5.75. The quantitative estimate of drug-likeness (QED) is 0.765. The van der Waals surface area contributed by atoms with E-state index in [0.29, 0.717) is 0 Å². The summed E-state index contributed by atoms with van der Waals surface area (Å²) in [6.45, 7) is 6.93. The molecule has 2 atom stereocenters. The van der Waals surface area contributed by atoms with Gasteiger partial charge in [0.1, 0.15) is 0 Å². The molecule has 2 fully saturated rings. The van der Waals surface area contributed by atoms with Gasteiger partial charge in [-0.1, -0.05) is 0 Å². The molecule has 0 aromatic heterocycles. The fourth-order valence-corrected chi connectivity index (χ4v) is 3.09. The summed E-state index contributed by atoms with van der Waals surface area (Å²) in [7, 11) is 2.27. The molecule has 1 N–H and O–H groups in total. The number of hydrogen-bond acceptors (Lipinski definition) is 3. The number of rotatable bonds is 6. The standard InChI is InChI=1S/C14H28N2O/c1-16(11-14-5-3-9-17-12-14)8-2-4-13-6-7-15-10-13/h13-15H,2-12H2,1H3. The van der Waals surface area contributed by atoms with Crippen molar-refractivity contribution in [3.8, 4) is 0 Å². The number of ether oxygens (including phenoxy) is 1. The second-order valence-electron chi connectivity index (χ2n) is 5.85. The van der Waals surface area contributed by atoms with Crippen LogP contribution in [0.25, 0.3) is 0 Å². The van der Waals surface area contributed by atoms with Crippen LogP contribution in [0.1, 0.15) is 32.1 Å². The Balaban J connectivity index is 1.52. The fourth-order valence-electron chi connectivity index (χ4n) is 3.09. The summed E-state index contributed by atoms with van der Waals surface area (Å²) in [5.41, 5.74) is 0. The largest absolute Gasteiger partial charge is 0.381 e. The first-order valence-corrected chi connectivity index (χ1v) is 7.31. The first-order chi connectivity index (χ1) is 8.34. The van der Waals surface area contributed by atoms with Gasteiger partial charge in [-0.25, -0.2) is 0 Å². The molecule has 2 aliphatic heterocycles. The molecule has 0 aromatic rings. The lowest BCUT2D eigenvalue weighted by Crippen LogP contribution is -2.31. The van der Waals surface area contributed by atoms with Crippen LogP contribution in [0.15, 0.2) is 0 Å². The van der Waals surface area contributed by atoms with E-state index >= 15 is 0 Å². The van der Waals surface area contributed by atoms with Gasteiger partial charge in [0.2, 0.25) is 0 Å². The minimum Gasteiger partial charge on any atom is -0.381 e. The molecule has 2 saturated heterocycles. The average Bonchev–Trinajstić information content (AvgIpc) is 2.83. The molecule has 0 aromatic carbocycles. The van der Waals surface area contributed by atoms with Crippen LogP contribution in [-0.2, 0) is 4.74 Å². The van der Waals surface area contributed by atoms with Crippen molar-refractivity contribution in [1.29, 1.82) is 0 Å². The summed E-state index contributed by atoms with van der Waals surface area (Å²) in [5, 5.41) is 3.45. The first kappa shape index (κ1) is 13.3. The van der Waals surface area contributed by atoms with Gasteiger partial charge in [0.15, 0.2) is 0 Å². The zero-order valence-electron chi connectivity index (χ0n) is 11.3. The van der Waals surface area contributed by atoms with Crippen LogP contribution in [0.5, 0.6) is 0 Å². The molecule has 2 heterocycles. The maximum Gasteiger partial charge on any atom is 0.0506 e. The lowest BCUT2D eigenvalue weighted by molar-refractivity contribution is 0.0418. The van der Waals surface area contributed by atoms with Gasteiger partial charge in [0, 0.05) is 13.2 Å². The Morgan fingerprint density at radius 2 is 2.24 bits per heavy atom. The summed E-state index contributed by atoms with van der Waals surface area (Å²) in [4.78, 5) is 2.50. The van der Waals surface area contributed by atoms with Crippen molar-refractivity contribution in [2.24, 2.45) is 11.8 Å². The molecule has 100 valence electrons. The van der Waals surface area contributed by atoms with Gasteiger partial charge in [0.25, 0.3) is 0 Å². The van der Waals surface area contributed by atoms with E-state index in [4.69, 9.17) is 4.74 Å². The van der Waals surface area contributed by atoms with Crippen molar-refractivity contribution in [3.05, 3.63) is 0 Å². The molecule has 0 spiro atoms. The van der Waals surface area contributed by atoms with Gasteiger partial charge in [-0.05, 0) is 70.6 Å². The molecule has 0 aliphatic carbocycles. The lowest BCUT2D eigenvalue weighted by atomic mass is 10.0. The Morgan fingerprint density at radius 3 is 2.94 bits per heavy atom. The third-order valence-corrected chi connectivity index (χ3v) is 4.14. The van der Waals surface area contributed by atoms with Crippen molar-refractivity contribution in [1.82, 2.24) is 10.2 Å². The Bertz CT molecular complexity index is 198. The van der Waals surface area contributed by atoms with Crippen molar-refractivity contribution in [2.45, 2.75) is 32.1 Å². The maximum absolute atomic E-state index is 5.53. The van der Waals surface area contributed by atoms with Crippen LogP contribution in [0.2, 0.25) is 0 Å². The van der Waals surface area contributed by atoms with E-state index in [1.807, 2.05) is 0 Å². The Morgan fingerprint density at radius 1 is 1.29 bits per heavy atom. The zero-order valence-corrected chi connectivity index (χ0v) is 11.3. The summed E-state index contributed by atoms with van der Waals surface area (Å²) in [6, 6.07) is 0. The van der Waals surface area contributed by atoms with E-state index in [2.05, 4.69) is 17.3 Å². The molecule has 0 bridgehead atoms. The summed E-state index contributed by atoms with van der Waals surface area (Å²) >= 11 is 0. The maximum atomic E-state index is 5.53. The number of nitrogens with one attached hydrogen (secondary N) is 1. The highest BCUT2D eigenvalue weighted by Crippen LogP contribution is 2.16. The van der Waals surface area contributed by atoms with Crippen LogP contribution >= 0.6 is 0 Å². The van der Waals surface area contributed by atoms with Crippen LogP contribution in [-0.4, -0.2) is 51.3 Å². The predicted octanol–water partition coefficient (Wildman–Crippen LogP) is 1.73. The molecule has 2 rings (SSSR count). The monoisotopic (exact) mass is 240 g/mol. The summed E-state index contributed by atoms with van der Waals surface area (Å²) in [6.07, 6.45) is 6.76. The number of nitrogens with zero attached hydrogens (tertiary/aromatic N) is 1. The minimum absolute atomic E-state index is 0.780. The van der Waals surface area contributed by atoms with Crippen molar-refractivity contribution >= 4 is 0 Å². The van der Waals surface area contributed by atoms with E-state index in [0.717, 1.165) is 25.0 Å². The van der Waals surface area contributed by atoms with Crippen molar-refractivity contribution in [2.75, 3.05) is 46.4 Å². The third-order valence-electron chi connectivity index (χ3n) is 4.14. The molecule has 0 radical (unpaired) electrons. The molecule has 2 aliphatic rings. The lowest BCUT2D eigenvalue weighted by Gasteiger charge is -2.27. The van der Waals surface area contributed by atoms with Gasteiger partial charge in [-0.2, -0.15) is 0 Å². The minimum atomic E-state index is 0.780. The first-order valence-electron chi connectivity index (χ1n) is 7.31. The highest BCUT2D eigenvalue weighted by atomic mass is 16.5. The predicted molar refractivity (Wildman–Crippen MR) is 71.3 cm³/mol. The van der Waals surface area contributed by atoms with Crippen LogP contribution in [0.3, 0.4) is 0 Å². The van der Waals surface area contributed by atoms with E-state index in [-0.39, 0.29) is 0 Å². The topological polar surface area (TPSA) is 24.5 Å². The van der Waals surface area contributed by atoms with Gasteiger partial charge in [-0.15, -0.1) is 0 Å². The molecule has 3 nitrogen and oxygen atoms in total. The van der Waals surface area contributed by atoms with Gasteiger partial charge in [0.05, 0.1) is 6.61 Å². The highest BCUT2D eigenvalue weighted by molar-refractivity contribution is 4.72. The summed E-state index contributed by atoms with van der Waals surface area (Å²) in [5.74, 6) is 1.73. The SMILES string of the molecule is CN(CCCC1CCNC1)CC1CCCOC1. The van der Waals surface area contributed by atoms with Gasteiger partial charge < -0.3 is 15.0 Å². The van der Waals surface area contributed by atoms with Crippen LogP contribution in [0.4, 0.5) is 0 Å². The second-order valence-corrected chi connectivity index (χ2v) is 5.85. The molecular weight excluding hydrogens is 212 g/mol. The smallest absolute Gasteiger partial charge is 0.0506 e. The third kappa shape index (κ3) is 4.94. The van der Waals surface area contributed by atoms with Crippen LogP contribution < -0.4 is 5.32 Å². The van der Waals surface area contributed by atoms with E-state index in [1.165, 1.54) is 58.3 Å². The van der Waals surface area contributed by atoms with E-state index in [9.17, 15) is 0 Å². The molecular formula is C14H28N2O. The van der Waals surface area contributed by atoms with Crippen molar-refractivity contribution in [3.63, 3.8) is 0 Å². The van der Waals surface area contributed by atoms with E-state index in [1.54, 1.807) is 0 Å². The molecule has 3 heteroatoms. The molecule has 0 saturated carbocycles. The molecule has 17 heavy (non-hydrogen) atoms. The molecule has 0 amide bonds. The zero-order chi connectivity index (χ0) is 11.9. The van der Waals surface area contributed by atoms with Crippen LogP contribution in [0, 0.1) is 11.8 Å². The Hall–Kier alpha value is -0.120. The van der Waals surface area contributed by atoms with Gasteiger partial charge >= 0.3 is 0 Å². The highest BCUT2D eigenvalue weighted by Gasteiger charge is 2.17.